The summed E-state index contributed by atoms with van der Waals surface area (Å²) in [5, 5.41) is 8.81. The van der Waals surface area contributed by atoms with Crippen molar-refractivity contribution >= 4 is 22.4 Å². The van der Waals surface area contributed by atoms with Gasteiger partial charge in [-0.2, -0.15) is 9.57 Å². The number of benzene rings is 1. The lowest BCUT2D eigenvalue weighted by atomic mass is 10.1. The second-order valence-electron chi connectivity index (χ2n) is 4.83. The first-order chi connectivity index (χ1) is 8.95. The van der Waals surface area contributed by atoms with E-state index in [1.54, 1.807) is 13.0 Å². The number of hydrogen-bond donors (Lipinski definition) is 1. The van der Waals surface area contributed by atoms with Gasteiger partial charge in [0.05, 0.1) is 16.5 Å². The molecular weight excluding hydrogens is 298 g/mol. The van der Waals surface area contributed by atoms with E-state index in [9.17, 15) is 8.42 Å². The van der Waals surface area contributed by atoms with Crippen LogP contribution in [0.15, 0.2) is 23.1 Å². The van der Waals surface area contributed by atoms with Crippen LogP contribution in [-0.4, -0.2) is 31.9 Å². The molecule has 7 heteroatoms. The Kier molecular flexibility index (Phi) is 5.54. The summed E-state index contributed by atoms with van der Waals surface area (Å²) < 4.78 is 26.5. The Morgan fingerprint density at radius 2 is 1.95 bits per heavy atom. The van der Waals surface area contributed by atoms with Gasteiger partial charge in [-0.3, -0.25) is 0 Å². The van der Waals surface area contributed by atoms with Gasteiger partial charge in [0.25, 0.3) is 0 Å². The third kappa shape index (κ3) is 3.30. The van der Waals surface area contributed by atoms with Gasteiger partial charge in [0.2, 0.25) is 10.0 Å². The molecule has 1 aromatic carbocycles. The SMILES string of the molecule is Cc1cc(C#N)ccc1S(=O)(=O)N1CCC(N)CC1.Cl. The highest BCUT2D eigenvalue weighted by Gasteiger charge is 2.29. The van der Waals surface area contributed by atoms with E-state index in [4.69, 9.17) is 11.0 Å². The molecule has 0 spiro atoms. The first-order valence-corrected chi connectivity index (χ1v) is 7.65. The van der Waals surface area contributed by atoms with Crippen LogP contribution in [0.3, 0.4) is 0 Å². The molecule has 1 fully saturated rings. The quantitative estimate of drug-likeness (QED) is 0.893. The maximum absolute atomic E-state index is 12.5. The van der Waals surface area contributed by atoms with Gasteiger partial charge in [0.15, 0.2) is 0 Å². The third-order valence-electron chi connectivity index (χ3n) is 3.42. The van der Waals surface area contributed by atoms with Gasteiger partial charge in [-0.1, -0.05) is 0 Å². The fourth-order valence-corrected chi connectivity index (χ4v) is 3.94. The monoisotopic (exact) mass is 315 g/mol. The lowest BCUT2D eigenvalue weighted by molar-refractivity contribution is 0.320. The van der Waals surface area contributed by atoms with Crippen LogP contribution in [0.4, 0.5) is 0 Å². The predicted octanol–water partition coefficient (Wildman–Crippen LogP) is 1.40. The van der Waals surface area contributed by atoms with E-state index >= 15 is 0 Å². The van der Waals surface area contributed by atoms with Gasteiger partial charge in [-0.15, -0.1) is 12.4 Å². The summed E-state index contributed by atoms with van der Waals surface area (Å²) in [6.45, 7) is 2.63. The van der Waals surface area contributed by atoms with Gasteiger partial charge in [0, 0.05) is 19.1 Å². The van der Waals surface area contributed by atoms with Crippen molar-refractivity contribution in [3.63, 3.8) is 0 Å². The molecule has 0 saturated carbocycles. The van der Waals surface area contributed by atoms with Gasteiger partial charge < -0.3 is 5.73 Å². The molecule has 1 aromatic rings. The van der Waals surface area contributed by atoms with Crippen LogP contribution in [0.2, 0.25) is 0 Å². The lowest BCUT2D eigenvalue weighted by Gasteiger charge is -2.29. The Morgan fingerprint density at radius 1 is 1.35 bits per heavy atom. The molecule has 1 aliphatic heterocycles. The summed E-state index contributed by atoms with van der Waals surface area (Å²) in [6, 6.07) is 6.75. The Hall–Kier alpha value is -1.13. The van der Waals surface area contributed by atoms with E-state index in [0.29, 0.717) is 37.1 Å². The molecule has 0 aromatic heterocycles. The van der Waals surface area contributed by atoms with Gasteiger partial charge in [0.1, 0.15) is 0 Å². The van der Waals surface area contributed by atoms with Crippen molar-refractivity contribution < 1.29 is 8.42 Å². The van der Waals surface area contributed by atoms with Crippen LogP contribution in [-0.2, 0) is 10.0 Å². The summed E-state index contributed by atoms with van der Waals surface area (Å²) in [7, 11) is -3.47. The van der Waals surface area contributed by atoms with Crippen LogP contribution >= 0.6 is 12.4 Å². The molecule has 5 nitrogen and oxygen atoms in total. The maximum atomic E-state index is 12.5. The number of nitriles is 1. The average Bonchev–Trinajstić information content (AvgIpc) is 2.38. The molecule has 1 heterocycles. The minimum atomic E-state index is -3.47. The highest BCUT2D eigenvalue weighted by Crippen LogP contribution is 2.23. The van der Waals surface area contributed by atoms with E-state index in [1.807, 2.05) is 6.07 Å². The molecule has 0 aliphatic carbocycles. The van der Waals surface area contributed by atoms with E-state index in [0.717, 1.165) is 0 Å². The smallest absolute Gasteiger partial charge is 0.243 e. The normalized spacial score (nSPS) is 17.2. The van der Waals surface area contributed by atoms with E-state index in [1.165, 1.54) is 16.4 Å². The molecule has 20 heavy (non-hydrogen) atoms. The maximum Gasteiger partial charge on any atom is 0.243 e. The van der Waals surface area contributed by atoms with Crippen LogP contribution < -0.4 is 5.73 Å². The number of halogens is 1. The van der Waals surface area contributed by atoms with Crippen molar-refractivity contribution in [1.82, 2.24) is 4.31 Å². The largest absolute Gasteiger partial charge is 0.328 e. The number of sulfonamides is 1. The predicted molar refractivity (Wildman–Crippen MR) is 79.1 cm³/mol. The van der Waals surface area contributed by atoms with Crippen molar-refractivity contribution in [3.8, 4) is 6.07 Å². The number of piperidine rings is 1. The number of rotatable bonds is 2. The minimum Gasteiger partial charge on any atom is -0.328 e. The Balaban J connectivity index is 0.00000200. The summed E-state index contributed by atoms with van der Waals surface area (Å²) in [6.07, 6.45) is 1.38. The molecule has 0 amide bonds. The van der Waals surface area contributed by atoms with Crippen LogP contribution in [0.1, 0.15) is 24.0 Å². The highest BCUT2D eigenvalue weighted by molar-refractivity contribution is 7.89. The molecule has 1 aliphatic rings. The zero-order valence-corrected chi connectivity index (χ0v) is 12.9. The van der Waals surface area contributed by atoms with Crippen molar-refractivity contribution in [1.29, 1.82) is 5.26 Å². The molecule has 0 unspecified atom stereocenters. The molecular formula is C13H18ClN3O2S. The molecule has 0 radical (unpaired) electrons. The zero-order chi connectivity index (χ0) is 14.0. The van der Waals surface area contributed by atoms with Crippen molar-refractivity contribution in [2.75, 3.05) is 13.1 Å². The molecule has 2 N–H and O–H groups in total. The standard InChI is InChI=1S/C13H17N3O2S.ClH/c1-10-8-11(9-14)2-3-13(10)19(17,18)16-6-4-12(15)5-7-16;/h2-3,8,12H,4-7,15H2,1H3;1H. The Bertz CT molecular complexity index is 617. The van der Waals surface area contributed by atoms with Crippen LogP contribution in [0, 0.1) is 18.3 Å². The number of hydrogen-bond acceptors (Lipinski definition) is 4. The summed E-state index contributed by atoms with van der Waals surface area (Å²) >= 11 is 0. The fourth-order valence-electron chi connectivity index (χ4n) is 2.26. The number of nitrogens with zero attached hydrogens (tertiary/aromatic N) is 2. The van der Waals surface area contributed by atoms with Crippen molar-refractivity contribution in [2.45, 2.75) is 30.7 Å². The average molecular weight is 316 g/mol. The molecule has 0 atom stereocenters. The summed E-state index contributed by atoms with van der Waals surface area (Å²) in [5.74, 6) is 0. The first-order valence-electron chi connectivity index (χ1n) is 6.21. The van der Waals surface area contributed by atoms with Crippen molar-refractivity contribution in [2.24, 2.45) is 5.73 Å². The zero-order valence-electron chi connectivity index (χ0n) is 11.2. The minimum absolute atomic E-state index is 0. The second kappa shape index (κ2) is 6.55. The number of nitrogens with two attached hydrogens (primary N) is 1. The molecule has 1 saturated heterocycles. The molecule has 0 bridgehead atoms. The lowest BCUT2D eigenvalue weighted by Crippen LogP contribution is -2.42. The highest BCUT2D eigenvalue weighted by atomic mass is 35.5. The fraction of sp³-hybridized carbons (Fsp3) is 0.462. The molecule has 110 valence electrons. The summed E-state index contributed by atoms with van der Waals surface area (Å²) in [4.78, 5) is 0.280. The molecule has 2 rings (SSSR count). The van der Waals surface area contributed by atoms with E-state index in [-0.39, 0.29) is 23.3 Å². The van der Waals surface area contributed by atoms with Gasteiger partial charge in [-0.05, 0) is 43.5 Å². The van der Waals surface area contributed by atoms with E-state index < -0.39 is 10.0 Å². The van der Waals surface area contributed by atoms with Crippen LogP contribution in [0.25, 0.3) is 0 Å². The van der Waals surface area contributed by atoms with E-state index in [2.05, 4.69) is 0 Å². The van der Waals surface area contributed by atoms with Gasteiger partial charge in [-0.25, -0.2) is 8.42 Å². The summed E-state index contributed by atoms with van der Waals surface area (Å²) in [5.41, 5.74) is 6.86. The first kappa shape index (κ1) is 16.9. The van der Waals surface area contributed by atoms with Gasteiger partial charge >= 0.3 is 0 Å². The third-order valence-corrected chi connectivity index (χ3v) is 5.48. The Morgan fingerprint density at radius 3 is 2.45 bits per heavy atom. The van der Waals surface area contributed by atoms with Crippen LogP contribution in [0.5, 0.6) is 0 Å². The second-order valence-corrected chi connectivity index (χ2v) is 6.74. The van der Waals surface area contributed by atoms with Crippen molar-refractivity contribution in [3.05, 3.63) is 29.3 Å². The topological polar surface area (TPSA) is 87.2 Å². The number of aryl methyl sites for hydroxylation is 1. The Labute approximate surface area is 125 Å².